The van der Waals surface area contributed by atoms with Gasteiger partial charge in [-0.3, -0.25) is 4.79 Å². The minimum Gasteiger partial charge on any atom is -0.504 e. The summed E-state index contributed by atoms with van der Waals surface area (Å²) >= 11 is 0. The SMILES string of the molecule is COc1cccc(C(=O)NC2CC2(C)C)c1O. The van der Waals surface area contributed by atoms with E-state index < -0.39 is 0 Å². The second kappa shape index (κ2) is 3.95. The van der Waals surface area contributed by atoms with Gasteiger partial charge in [0.2, 0.25) is 0 Å². The lowest BCUT2D eigenvalue weighted by atomic mass is 10.1. The third kappa shape index (κ3) is 2.20. The molecule has 0 bridgehead atoms. The first-order valence-corrected chi connectivity index (χ1v) is 5.62. The molecule has 92 valence electrons. The molecule has 4 heteroatoms. The molecule has 0 saturated heterocycles. The van der Waals surface area contributed by atoms with Crippen LogP contribution >= 0.6 is 0 Å². The van der Waals surface area contributed by atoms with Gasteiger partial charge in [-0.15, -0.1) is 0 Å². The van der Waals surface area contributed by atoms with Gasteiger partial charge >= 0.3 is 0 Å². The monoisotopic (exact) mass is 235 g/mol. The molecule has 1 aliphatic rings. The lowest BCUT2D eigenvalue weighted by Crippen LogP contribution is -2.28. The number of para-hydroxylation sites is 1. The van der Waals surface area contributed by atoms with Gasteiger partial charge in [-0.05, 0) is 24.0 Å². The molecule has 2 rings (SSSR count). The molecule has 0 aromatic heterocycles. The summed E-state index contributed by atoms with van der Waals surface area (Å²) in [6, 6.07) is 5.09. The van der Waals surface area contributed by atoms with Gasteiger partial charge in [0.15, 0.2) is 11.5 Å². The molecule has 1 aromatic rings. The summed E-state index contributed by atoms with van der Waals surface area (Å²) in [5.74, 6) is -0.0457. The summed E-state index contributed by atoms with van der Waals surface area (Å²) in [5.41, 5.74) is 0.427. The number of phenolic OH excluding ortho intramolecular Hbond substituents is 1. The summed E-state index contributed by atoms with van der Waals surface area (Å²) in [6.07, 6.45) is 0.976. The highest BCUT2D eigenvalue weighted by Crippen LogP contribution is 2.44. The zero-order valence-corrected chi connectivity index (χ0v) is 10.3. The van der Waals surface area contributed by atoms with Crippen LogP contribution in [0.15, 0.2) is 18.2 Å². The van der Waals surface area contributed by atoms with E-state index in [9.17, 15) is 9.90 Å². The lowest BCUT2D eigenvalue weighted by molar-refractivity contribution is 0.0943. The van der Waals surface area contributed by atoms with Gasteiger partial charge in [-0.1, -0.05) is 19.9 Å². The Morgan fingerprint density at radius 3 is 2.71 bits per heavy atom. The third-order valence-electron chi connectivity index (χ3n) is 3.28. The van der Waals surface area contributed by atoms with Crippen LogP contribution in [0.2, 0.25) is 0 Å². The minimum atomic E-state index is -0.253. The zero-order valence-electron chi connectivity index (χ0n) is 10.3. The second-order valence-corrected chi connectivity index (χ2v) is 5.08. The van der Waals surface area contributed by atoms with E-state index in [1.54, 1.807) is 18.2 Å². The Bertz CT molecular complexity index is 454. The lowest BCUT2D eigenvalue weighted by Gasteiger charge is -2.10. The van der Waals surface area contributed by atoms with Crippen molar-refractivity contribution in [2.45, 2.75) is 26.3 Å². The zero-order chi connectivity index (χ0) is 12.6. The van der Waals surface area contributed by atoms with Gasteiger partial charge < -0.3 is 15.2 Å². The van der Waals surface area contributed by atoms with Gasteiger partial charge in [-0.2, -0.15) is 0 Å². The predicted octanol–water partition coefficient (Wildman–Crippen LogP) is 1.93. The smallest absolute Gasteiger partial charge is 0.255 e. The van der Waals surface area contributed by atoms with Crippen LogP contribution in [0.5, 0.6) is 11.5 Å². The number of methoxy groups -OCH3 is 1. The Morgan fingerprint density at radius 2 is 2.18 bits per heavy atom. The molecular weight excluding hydrogens is 218 g/mol. The van der Waals surface area contributed by atoms with Crippen LogP contribution < -0.4 is 10.1 Å². The van der Waals surface area contributed by atoms with Crippen LogP contribution in [0.1, 0.15) is 30.6 Å². The number of carbonyl (C=O) groups excluding carboxylic acids is 1. The van der Waals surface area contributed by atoms with Crippen molar-refractivity contribution >= 4 is 5.91 Å². The minimum absolute atomic E-state index is 0.106. The number of carbonyl (C=O) groups is 1. The standard InChI is InChI=1S/C13H17NO3/c1-13(2)7-10(13)14-12(16)8-5-4-6-9(17-3)11(8)15/h4-6,10,15H,7H2,1-3H3,(H,14,16). The number of amides is 1. The highest BCUT2D eigenvalue weighted by Gasteiger charge is 2.46. The fourth-order valence-corrected chi connectivity index (χ4v) is 1.82. The van der Waals surface area contributed by atoms with Crippen molar-refractivity contribution < 1.29 is 14.6 Å². The van der Waals surface area contributed by atoms with Gasteiger partial charge in [0.05, 0.1) is 12.7 Å². The van der Waals surface area contributed by atoms with Crippen LogP contribution in [0.25, 0.3) is 0 Å². The van der Waals surface area contributed by atoms with E-state index in [2.05, 4.69) is 19.2 Å². The van der Waals surface area contributed by atoms with E-state index in [4.69, 9.17) is 4.74 Å². The summed E-state index contributed by atoms with van der Waals surface area (Å²) in [4.78, 5) is 11.9. The number of ether oxygens (including phenoxy) is 1. The molecule has 1 saturated carbocycles. The molecule has 2 N–H and O–H groups in total. The molecule has 0 aliphatic heterocycles. The Morgan fingerprint density at radius 1 is 1.53 bits per heavy atom. The Balaban J connectivity index is 2.14. The summed E-state index contributed by atoms with van der Waals surface area (Å²) in [6.45, 7) is 4.20. The van der Waals surface area contributed by atoms with Crippen molar-refractivity contribution in [2.75, 3.05) is 7.11 Å². The Kier molecular flexibility index (Phi) is 2.73. The van der Waals surface area contributed by atoms with E-state index in [0.29, 0.717) is 5.75 Å². The van der Waals surface area contributed by atoms with Crippen molar-refractivity contribution in [1.82, 2.24) is 5.32 Å². The number of rotatable bonds is 3. The number of aromatic hydroxyl groups is 1. The van der Waals surface area contributed by atoms with Crippen molar-refractivity contribution in [1.29, 1.82) is 0 Å². The van der Waals surface area contributed by atoms with Crippen molar-refractivity contribution in [3.05, 3.63) is 23.8 Å². The molecule has 0 heterocycles. The molecule has 0 radical (unpaired) electrons. The number of benzene rings is 1. The van der Waals surface area contributed by atoms with E-state index in [0.717, 1.165) is 6.42 Å². The quantitative estimate of drug-likeness (QED) is 0.841. The first kappa shape index (κ1) is 11.8. The molecule has 1 atom stereocenters. The van der Waals surface area contributed by atoms with Gasteiger partial charge in [0, 0.05) is 6.04 Å². The van der Waals surface area contributed by atoms with E-state index in [1.807, 2.05) is 0 Å². The normalized spacial score (nSPS) is 20.8. The Hall–Kier alpha value is -1.71. The van der Waals surface area contributed by atoms with Crippen LogP contribution in [0, 0.1) is 5.41 Å². The average molecular weight is 235 g/mol. The van der Waals surface area contributed by atoms with Crippen LogP contribution in [-0.2, 0) is 0 Å². The topological polar surface area (TPSA) is 58.6 Å². The van der Waals surface area contributed by atoms with Gasteiger partial charge in [-0.25, -0.2) is 0 Å². The molecular formula is C13H17NO3. The molecule has 1 amide bonds. The van der Waals surface area contributed by atoms with Crippen molar-refractivity contribution in [3.8, 4) is 11.5 Å². The predicted molar refractivity (Wildman–Crippen MR) is 64.3 cm³/mol. The molecule has 4 nitrogen and oxygen atoms in total. The van der Waals surface area contributed by atoms with Crippen LogP contribution in [-0.4, -0.2) is 24.2 Å². The largest absolute Gasteiger partial charge is 0.504 e. The maximum Gasteiger partial charge on any atom is 0.255 e. The maximum absolute atomic E-state index is 11.9. The average Bonchev–Trinajstić information content (AvgIpc) is 2.86. The molecule has 0 spiro atoms. The molecule has 1 aromatic carbocycles. The summed E-state index contributed by atoms with van der Waals surface area (Å²) in [5, 5.41) is 12.7. The molecule has 17 heavy (non-hydrogen) atoms. The number of hydrogen-bond donors (Lipinski definition) is 2. The molecule has 1 aliphatic carbocycles. The summed E-state index contributed by atoms with van der Waals surface area (Å²) in [7, 11) is 1.46. The molecule has 1 unspecified atom stereocenters. The fraction of sp³-hybridized carbons (Fsp3) is 0.462. The van der Waals surface area contributed by atoms with Crippen LogP contribution in [0.3, 0.4) is 0 Å². The van der Waals surface area contributed by atoms with Crippen molar-refractivity contribution in [2.24, 2.45) is 5.41 Å². The van der Waals surface area contributed by atoms with E-state index in [-0.39, 0.29) is 28.7 Å². The highest BCUT2D eigenvalue weighted by molar-refractivity contribution is 5.98. The number of hydrogen-bond acceptors (Lipinski definition) is 3. The molecule has 1 fully saturated rings. The van der Waals surface area contributed by atoms with Gasteiger partial charge in [0.1, 0.15) is 0 Å². The van der Waals surface area contributed by atoms with E-state index >= 15 is 0 Å². The highest BCUT2D eigenvalue weighted by atomic mass is 16.5. The third-order valence-corrected chi connectivity index (χ3v) is 3.28. The maximum atomic E-state index is 11.9. The Labute approximate surface area is 101 Å². The summed E-state index contributed by atoms with van der Waals surface area (Å²) < 4.78 is 4.97. The second-order valence-electron chi connectivity index (χ2n) is 5.08. The number of phenols is 1. The van der Waals surface area contributed by atoms with Crippen molar-refractivity contribution in [3.63, 3.8) is 0 Å². The van der Waals surface area contributed by atoms with E-state index in [1.165, 1.54) is 7.11 Å². The first-order valence-electron chi connectivity index (χ1n) is 5.62. The fourth-order valence-electron chi connectivity index (χ4n) is 1.82. The van der Waals surface area contributed by atoms with Crippen LogP contribution in [0.4, 0.5) is 0 Å². The van der Waals surface area contributed by atoms with Gasteiger partial charge in [0.25, 0.3) is 5.91 Å². The number of nitrogens with one attached hydrogen (secondary N) is 1. The first-order chi connectivity index (χ1) is 7.95.